The number of nitrogens with one attached hydrogen (secondary N) is 2. The average molecular weight is 262 g/mol. The van der Waals surface area contributed by atoms with Crippen LogP contribution < -0.4 is 10.6 Å². The van der Waals surface area contributed by atoms with Crippen molar-refractivity contribution in [3.63, 3.8) is 0 Å². The molecule has 0 spiro atoms. The number of anilines is 1. The van der Waals surface area contributed by atoms with Gasteiger partial charge in [0.2, 0.25) is 5.91 Å². The molecule has 1 fully saturated rings. The number of hydrogen-bond donors (Lipinski definition) is 2. The normalized spacial score (nSPS) is 21.8. The Morgan fingerprint density at radius 1 is 1.37 bits per heavy atom. The SMILES string of the molecule is CCOC1CC(NCC(=O)Nc2ccccc2C)C1. The van der Waals surface area contributed by atoms with Crippen LogP contribution in [0.25, 0.3) is 0 Å². The van der Waals surface area contributed by atoms with Crippen molar-refractivity contribution in [2.75, 3.05) is 18.5 Å². The van der Waals surface area contributed by atoms with E-state index in [1.807, 2.05) is 38.1 Å². The van der Waals surface area contributed by atoms with Gasteiger partial charge in [0.15, 0.2) is 0 Å². The maximum Gasteiger partial charge on any atom is 0.238 e. The molecule has 0 saturated heterocycles. The first-order chi connectivity index (χ1) is 9.19. The highest BCUT2D eigenvalue weighted by Crippen LogP contribution is 2.22. The lowest BCUT2D eigenvalue weighted by atomic mass is 9.89. The average Bonchev–Trinajstić information content (AvgIpc) is 2.35. The van der Waals surface area contributed by atoms with Gasteiger partial charge in [-0.3, -0.25) is 4.79 Å². The fraction of sp³-hybridized carbons (Fsp3) is 0.533. The van der Waals surface area contributed by atoms with Gasteiger partial charge in [-0.15, -0.1) is 0 Å². The van der Waals surface area contributed by atoms with Crippen LogP contribution in [0.2, 0.25) is 0 Å². The smallest absolute Gasteiger partial charge is 0.238 e. The van der Waals surface area contributed by atoms with E-state index in [4.69, 9.17) is 4.74 Å². The first-order valence-corrected chi connectivity index (χ1v) is 6.89. The molecule has 0 aromatic heterocycles. The molecular formula is C15H22N2O2. The second-order valence-corrected chi connectivity index (χ2v) is 4.99. The summed E-state index contributed by atoms with van der Waals surface area (Å²) in [7, 11) is 0. The number of aryl methyl sites for hydroxylation is 1. The summed E-state index contributed by atoms with van der Waals surface area (Å²) in [4.78, 5) is 11.8. The zero-order valence-electron chi connectivity index (χ0n) is 11.6. The van der Waals surface area contributed by atoms with Crippen molar-refractivity contribution < 1.29 is 9.53 Å². The number of rotatable bonds is 6. The van der Waals surface area contributed by atoms with Gasteiger partial charge in [0.05, 0.1) is 12.6 Å². The van der Waals surface area contributed by atoms with E-state index in [0.29, 0.717) is 18.7 Å². The van der Waals surface area contributed by atoms with E-state index >= 15 is 0 Å². The summed E-state index contributed by atoms with van der Waals surface area (Å²) >= 11 is 0. The van der Waals surface area contributed by atoms with Crippen molar-refractivity contribution in [1.82, 2.24) is 5.32 Å². The Morgan fingerprint density at radius 3 is 2.79 bits per heavy atom. The number of carbonyl (C=O) groups is 1. The summed E-state index contributed by atoms with van der Waals surface area (Å²) in [6.07, 6.45) is 2.39. The molecule has 104 valence electrons. The number of amides is 1. The van der Waals surface area contributed by atoms with E-state index in [1.165, 1.54) is 0 Å². The molecule has 4 heteroatoms. The summed E-state index contributed by atoms with van der Waals surface area (Å²) in [5, 5.41) is 6.17. The van der Waals surface area contributed by atoms with E-state index in [0.717, 1.165) is 30.7 Å². The molecule has 0 heterocycles. The molecule has 0 atom stereocenters. The maximum absolute atomic E-state index is 11.8. The van der Waals surface area contributed by atoms with Crippen molar-refractivity contribution in [2.24, 2.45) is 0 Å². The van der Waals surface area contributed by atoms with Crippen molar-refractivity contribution in [2.45, 2.75) is 38.8 Å². The van der Waals surface area contributed by atoms with E-state index in [2.05, 4.69) is 10.6 Å². The van der Waals surface area contributed by atoms with Crippen LogP contribution in [0, 0.1) is 6.92 Å². The molecule has 2 N–H and O–H groups in total. The number of ether oxygens (including phenoxy) is 1. The largest absolute Gasteiger partial charge is 0.378 e. The number of carbonyl (C=O) groups excluding carboxylic acids is 1. The monoisotopic (exact) mass is 262 g/mol. The van der Waals surface area contributed by atoms with Crippen molar-refractivity contribution in [3.05, 3.63) is 29.8 Å². The second-order valence-electron chi connectivity index (χ2n) is 4.99. The predicted molar refractivity (Wildman–Crippen MR) is 76.2 cm³/mol. The first kappa shape index (κ1) is 14.0. The van der Waals surface area contributed by atoms with Crippen molar-refractivity contribution in [1.29, 1.82) is 0 Å². The molecule has 1 aliphatic rings. The van der Waals surface area contributed by atoms with Crippen LogP contribution in [-0.2, 0) is 9.53 Å². The third kappa shape index (κ3) is 4.04. The van der Waals surface area contributed by atoms with Gasteiger partial charge in [0.25, 0.3) is 0 Å². The van der Waals surface area contributed by atoms with Gasteiger partial charge < -0.3 is 15.4 Å². The fourth-order valence-electron chi connectivity index (χ4n) is 2.25. The Kier molecular flexibility index (Phi) is 4.93. The molecule has 0 aliphatic heterocycles. The lowest BCUT2D eigenvalue weighted by Crippen LogP contribution is -2.47. The standard InChI is InChI=1S/C15H22N2O2/c1-3-19-13-8-12(9-13)16-10-15(18)17-14-7-5-4-6-11(14)2/h4-7,12-13,16H,3,8-10H2,1-2H3,(H,17,18). The van der Waals surface area contributed by atoms with Crippen molar-refractivity contribution in [3.8, 4) is 0 Å². The number of hydrogen-bond acceptors (Lipinski definition) is 3. The Hall–Kier alpha value is -1.39. The summed E-state index contributed by atoms with van der Waals surface area (Å²) in [6.45, 7) is 5.13. The zero-order chi connectivity index (χ0) is 13.7. The van der Waals surface area contributed by atoms with E-state index < -0.39 is 0 Å². The minimum atomic E-state index is 0.00848. The van der Waals surface area contributed by atoms with Gasteiger partial charge in [0, 0.05) is 18.3 Å². The molecule has 19 heavy (non-hydrogen) atoms. The molecule has 0 radical (unpaired) electrons. The molecular weight excluding hydrogens is 240 g/mol. The Bertz CT molecular complexity index is 428. The number of benzene rings is 1. The predicted octanol–water partition coefficient (Wildman–Crippen LogP) is 2.09. The molecule has 1 aromatic rings. The third-order valence-electron chi connectivity index (χ3n) is 3.47. The molecule has 0 unspecified atom stereocenters. The minimum Gasteiger partial charge on any atom is -0.378 e. The third-order valence-corrected chi connectivity index (χ3v) is 3.47. The van der Waals surface area contributed by atoms with Crippen LogP contribution in [0.4, 0.5) is 5.69 Å². The number of para-hydroxylation sites is 1. The zero-order valence-corrected chi connectivity index (χ0v) is 11.6. The van der Waals surface area contributed by atoms with E-state index in [9.17, 15) is 4.79 Å². The Morgan fingerprint density at radius 2 is 2.11 bits per heavy atom. The molecule has 1 aliphatic carbocycles. The summed E-state index contributed by atoms with van der Waals surface area (Å²) in [5.74, 6) is 0.00848. The highest BCUT2D eigenvalue weighted by atomic mass is 16.5. The molecule has 1 aromatic carbocycles. The second kappa shape index (κ2) is 6.68. The Balaban J connectivity index is 1.67. The van der Waals surface area contributed by atoms with Crippen LogP contribution in [0.1, 0.15) is 25.3 Å². The molecule has 4 nitrogen and oxygen atoms in total. The quantitative estimate of drug-likeness (QED) is 0.825. The van der Waals surface area contributed by atoms with E-state index in [-0.39, 0.29) is 5.91 Å². The summed E-state index contributed by atoms with van der Waals surface area (Å²) < 4.78 is 5.49. The van der Waals surface area contributed by atoms with Crippen molar-refractivity contribution >= 4 is 11.6 Å². The molecule has 0 bridgehead atoms. The molecule has 1 saturated carbocycles. The maximum atomic E-state index is 11.8. The summed E-state index contributed by atoms with van der Waals surface area (Å²) in [6, 6.07) is 8.21. The van der Waals surface area contributed by atoms with Crippen LogP contribution in [0.3, 0.4) is 0 Å². The lowest BCUT2D eigenvalue weighted by Gasteiger charge is -2.35. The fourth-order valence-corrected chi connectivity index (χ4v) is 2.25. The van der Waals surface area contributed by atoms with Gasteiger partial charge in [-0.2, -0.15) is 0 Å². The van der Waals surface area contributed by atoms with Gasteiger partial charge >= 0.3 is 0 Å². The molecule has 2 rings (SSSR count). The highest BCUT2D eigenvalue weighted by molar-refractivity contribution is 5.92. The highest BCUT2D eigenvalue weighted by Gasteiger charge is 2.29. The topological polar surface area (TPSA) is 50.4 Å². The van der Waals surface area contributed by atoms with Gasteiger partial charge in [0.1, 0.15) is 0 Å². The minimum absolute atomic E-state index is 0.00848. The lowest BCUT2D eigenvalue weighted by molar-refractivity contribution is -0.116. The Labute approximate surface area is 114 Å². The van der Waals surface area contributed by atoms with Crippen LogP contribution in [0.5, 0.6) is 0 Å². The van der Waals surface area contributed by atoms with Gasteiger partial charge in [-0.25, -0.2) is 0 Å². The van der Waals surface area contributed by atoms with E-state index in [1.54, 1.807) is 0 Å². The van der Waals surface area contributed by atoms with Gasteiger partial charge in [-0.05, 0) is 38.3 Å². The first-order valence-electron chi connectivity index (χ1n) is 6.89. The van der Waals surface area contributed by atoms with Crippen LogP contribution >= 0.6 is 0 Å². The van der Waals surface area contributed by atoms with Crippen LogP contribution in [-0.4, -0.2) is 31.2 Å². The van der Waals surface area contributed by atoms with Crippen LogP contribution in [0.15, 0.2) is 24.3 Å². The molecule has 1 amide bonds. The van der Waals surface area contributed by atoms with Gasteiger partial charge in [-0.1, -0.05) is 18.2 Å². The summed E-state index contributed by atoms with van der Waals surface area (Å²) in [5.41, 5.74) is 1.96.